The van der Waals surface area contributed by atoms with Crippen molar-refractivity contribution in [3.8, 4) is 0 Å². The van der Waals surface area contributed by atoms with Gasteiger partial charge in [-0.2, -0.15) is 0 Å². The van der Waals surface area contributed by atoms with E-state index in [1.807, 2.05) is 0 Å². The van der Waals surface area contributed by atoms with Gasteiger partial charge >= 0.3 is 0 Å². The molecule has 0 radical (unpaired) electrons. The summed E-state index contributed by atoms with van der Waals surface area (Å²) >= 11 is 0. The van der Waals surface area contributed by atoms with Crippen LogP contribution >= 0.6 is 0 Å². The van der Waals surface area contributed by atoms with Gasteiger partial charge in [0.2, 0.25) is 5.91 Å². The third-order valence-corrected chi connectivity index (χ3v) is 6.89. The van der Waals surface area contributed by atoms with Gasteiger partial charge in [-0.3, -0.25) is 19.5 Å². The standard InChI is InChI=1S/C16H28N4O2/c1-15-16(2)19-8-7-17(15)5-3-6-18(15)9-10-20(16)14(22)13(12-19)4-11-21/h13,21H,3-12H2,1-2H3/t13-,15+,16-/m0/s1. The van der Waals surface area contributed by atoms with E-state index in [0.717, 1.165) is 45.8 Å². The minimum absolute atomic E-state index is 0.0386. The highest BCUT2D eigenvalue weighted by Crippen LogP contribution is 2.49. The van der Waals surface area contributed by atoms with Crippen LogP contribution in [0.4, 0.5) is 0 Å². The zero-order chi connectivity index (χ0) is 15.5. The van der Waals surface area contributed by atoms with Crippen LogP contribution in [0.2, 0.25) is 0 Å². The molecule has 124 valence electrons. The van der Waals surface area contributed by atoms with Gasteiger partial charge in [0.25, 0.3) is 0 Å². The topological polar surface area (TPSA) is 50.3 Å². The van der Waals surface area contributed by atoms with Gasteiger partial charge in [0, 0.05) is 52.4 Å². The highest BCUT2D eigenvalue weighted by atomic mass is 16.3. The van der Waals surface area contributed by atoms with E-state index >= 15 is 0 Å². The van der Waals surface area contributed by atoms with Gasteiger partial charge in [-0.05, 0) is 26.7 Å². The minimum Gasteiger partial charge on any atom is -0.396 e. The van der Waals surface area contributed by atoms with Crippen molar-refractivity contribution in [2.24, 2.45) is 5.92 Å². The predicted octanol–water partition coefficient (Wildman–Crippen LogP) is -0.403. The predicted molar refractivity (Wildman–Crippen MR) is 83.1 cm³/mol. The van der Waals surface area contributed by atoms with Gasteiger partial charge in [-0.15, -0.1) is 0 Å². The van der Waals surface area contributed by atoms with Crippen molar-refractivity contribution in [1.29, 1.82) is 0 Å². The molecule has 6 nitrogen and oxygen atoms in total. The summed E-state index contributed by atoms with van der Waals surface area (Å²) in [5.74, 6) is 0.212. The van der Waals surface area contributed by atoms with Crippen LogP contribution in [0.3, 0.4) is 0 Å². The number of carbonyl (C=O) groups excluding carboxylic acids is 1. The van der Waals surface area contributed by atoms with E-state index in [9.17, 15) is 9.90 Å². The Kier molecular flexibility index (Phi) is 3.31. The smallest absolute Gasteiger partial charge is 0.228 e. The van der Waals surface area contributed by atoms with Crippen LogP contribution in [0.25, 0.3) is 0 Å². The first-order valence-electron chi connectivity index (χ1n) is 8.71. The summed E-state index contributed by atoms with van der Waals surface area (Å²) in [7, 11) is 0. The molecule has 3 atom stereocenters. The first-order chi connectivity index (χ1) is 10.5. The number of rotatable bonds is 2. The average molecular weight is 308 g/mol. The number of aliphatic hydroxyl groups is 1. The van der Waals surface area contributed by atoms with Gasteiger partial charge in [0.1, 0.15) is 11.3 Å². The van der Waals surface area contributed by atoms with Crippen molar-refractivity contribution in [3.63, 3.8) is 0 Å². The molecule has 0 aromatic carbocycles. The molecule has 0 unspecified atom stereocenters. The molecule has 1 N–H and O–H groups in total. The van der Waals surface area contributed by atoms with Crippen LogP contribution in [0.15, 0.2) is 0 Å². The van der Waals surface area contributed by atoms with E-state index in [4.69, 9.17) is 0 Å². The molecule has 0 spiro atoms. The highest BCUT2D eigenvalue weighted by Gasteiger charge is 2.66. The molecule has 4 aliphatic heterocycles. The fourth-order valence-electron chi connectivity index (χ4n) is 5.50. The molecule has 0 aromatic heterocycles. The first-order valence-corrected chi connectivity index (χ1v) is 8.71. The fraction of sp³-hybridized carbons (Fsp3) is 0.938. The maximum absolute atomic E-state index is 13.0. The van der Waals surface area contributed by atoms with E-state index in [0.29, 0.717) is 6.42 Å². The fourth-order valence-corrected chi connectivity index (χ4v) is 5.50. The molecular weight excluding hydrogens is 280 g/mol. The van der Waals surface area contributed by atoms with E-state index in [-0.39, 0.29) is 29.8 Å². The van der Waals surface area contributed by atoms with Crippen molar-refractivity contribution in [2.45, 2.75) is 38.0 Å². The normalized spacial score (nSPS) is 43.3. The van der Waals surface area contributed by atoms with Crippen molar-refractivity contribution in [3.05, 3.63) is 0 Å². The zero-order valence-electron chi connectivity index (χ0n) is 13.8. The van der Waals surface area contributed by atoms with Crippen molar-refractivity contribution in [1.82, 2.24) is 19.6 Å². The quantitative estimate of drug-likeness (QED) is 0.752. The van der Waals surface area contributed by atoms with Crippen LogP contribution in [0, 0.1) is 5.92 Å². The molecule has 4 aliphatic rings. The van der Waals surface area contributed by atoms with Crippen molar-refractivity contribution >= 4 is 5.91 Å². The second kappa shape index (κ2) is 4.90. The van der Waals surface area contributed by atoms with Crippen LogP contribution < -0.4 is 0 Å². The Morgan fingerprint density at radius 1 is 1.00 bits per heavy atom. The van der Waals surface area contributed by atoms with E-state index < -0.39 is 0 Å². The van der Waals surface area contributed by atoms with Crippen molar-refractivity contribution < 1.29 is 9.90 Å². The molecule has 4 heterocycles. The third kappa shape index (κ3) is 1.62. The maximum Gasteiger partial charge on any atom is 0.228 e. The number of hydrogen-bond acceptors (Lipinski definition) is 5. The average Bonchev–Trinajstić information content (AvgIpc) is 2.49. The zero-order valence-corrected chi connectivity index (χ0v) is 13.8. The number of hydrogen-bond donors (Lipinski definition) is 1. The molecule has 1 amide bonds. The van der Waals surface area contributed by atoms with Crippen molar-refractivity contribution in [2.75, 3.05) is 52.4 Å². The molecule has 0 aliphatic carbocycles. The number of amides is 1. The largest absolute Gasteiger partial charge is 0.396 e. The SMILES string of the molecule is C[C@@]12N3CCCN1CCN1C(=O)[C@@H](CCO)CN(CC3)[C@@]12C. The van der Waals surface area contributed by atoms with Gasteiger partial charge in [0.15, 0.2) is 0 Å². The molecule has 0 saturated carbocycles. The molecule has 4 saturated heterocycles. The summed E-state index contributed by atoms with van der Waals surface area (Å²) in [6.07, 6.45) is 1.82. The summed E-state index contributed by atoms with van der Waals surface area (Å²) in [6.45, 7) is 11.7. The Hall–Kier alpha value is -0.690. The van der Waals surface area contributed by atoms with Crippen LogP contribution in [0.5, 0.6) is 0 Å². The number of nitrogens with zero attached hydrogens (tertiary/aromatic N) is 4. The molecule has 0 aromatic rings. The third-order valence-electron chi connectivity index (χ3n) is 6.89. The van der Waals surface area contributed by atoms with E-state index in [2.05, 4.69) is 33.4 Å². The van der Waals surface area contributed by atoms with Gasteiger partial charge in [0.05, 0.1) is 5.92 Å². The second-order valence-electron chi connectivity index (χ2n) is 7.51. The Morgan fingerprint density at radius 2 is 1.64 bits per heavy atom. The lowest BCUT2D eigenvalue weighted by Crippen LogP contribution is -2.90. The Balaban J connectivity index is 1.76. The molecule has 4 fully saturated rings. The van der Waals surface area contributed by atoms with Gasteiger partial charge < -0.3 is 10.0 Å². The Bertz CT molecular complexity index is 479. The van der Waals surface area contributed by atoms with Gasteiger partial charge in [-0.25, -0.2) is 0 Å². The number of aliphatic hydroxyl groups excluding tert-OH is 1. The lowest BCUT2D eigenvalue weighted by molar-refractivity contribution is -0.283. The summed E-state index contributed by atoms with van der Waals surface area (Å²) < 4.78 is 0. The number of carbonyl (C=O) groups is 1. The minimum atomic E-state index is -0.243. The Labute approximate surface area is 132 Å². The maximum atomic E-state index is 13.0. The molecule has 0 bridgehead atoms. The number of piperazine rings is 2. The van der Waals surface area contributed by atoms with Crippen LogP contribution in [-0.2, 0) is 4.79 Å². The summed E-state index contributed by atoms with van der Waals surface area (Å²) in [6, 6.07) is 0. The lowest BCUT2D eigenvalue weighted by Gasteiger charge is -2.73. The van der Waals surface area contributed by atoms with E-state index in [1.54, 1.807) is 0 Å². The van der Waals surface area contributed by atoms with Gasteiger partial charge in [-0.1, -0.05) is 0 Å². The summed E-state index contributed by atoms with van der Waals surface area (Å²) in [5, 5.41) is 9.30. The molecule has 22 heavy (non-hydrogen) atoms. The van der Waals surface area contributed by atoms with E-state index in [1.165, 1.54) is 6.42 Å². The van der Waals surface area contributed by atoms with Crippen LogP contribution in [-0.4, -0.2) is 94.4 Å². The summed E-state index contributed by atoms with van der Waals surface area (Å²) in [5.41, 5.74) is -0.325. The molecule has 6 heteroatoms. The second-order valence-corrected chi connectivity index (χ2v) is 7.51. The lowest BCUT2D eigenvalue weighted by atomic mass is 9.78. The molecule has 4 rings (SSSR count). The highest BCUT2D eigenvalue weighted by molar-refractivity contribution is 5.81. The summed E-state index contributed by atoms with van der Waals surface area (Å²) in [4.78, 5) is 22.8. The Morgan fingerprint density at radius 3 is 2.32 bits per heavy atom. The van der Waals surface area contributed by atoms with Crippen LogP contribution in [0.1, 0.15) is 26.7 Å². The monoisotopic (exact) mass is 308 g/mol. The first kappa shape index (κ1) is 14.9. The molecular formula is C16H28N4O2.